The van der Waals surface area contributed by atoms with Gasteiger partial charge in [-0.15, -0.1) is 11.3 Å². The van der Waals surface area contributed by atoms with Gasteiger partial charge in [-0.1, -0.05) is 15.9 Å². The Morgan fingerprint density at radius 1 is 1.60 bits per heavy atom. The molecule has 0 fully saturated rings. The van der Waals surface area contributed by atoms with Gasteiger partial charge in [0.05, 0.1) is 5.56 Å². The standard InChI is InChI=1S/C10H11BrN2OS/c1-6-7(2)15-10(8(6)5-12)13-9(14)3-4-11/h3-4H2,1-2H3,(H,13,14). The Morgan fingerprint density at radius 3 is 2.80 bits per heavy atom. The molecule has 1 rings (SSSR count). The van der Waals surface area contributed by atoms with E-state index in [9.17, 15) is 4.79 Å². The van der Waals surface area contributed by atoms with Crippen LogP contribution in [0, 0.1) is 25.2 Å². The van der Waals surface area contributed by atoms with Crippen LogP contribution in [0.15, 0.2) is 0 Å². The van der Waals surface area contributed by atoms with Crippen molar-refractivity contribution in [2.45, 2.75) is 20.3 Å². The van der Waals surface area contributed by atoms with E-state index < -0.39 is 0 Å². The molecule has 0 atom stereocenters. The number of rotatable bonds is 3. The Labute approximate surface area is 101 Å². The molecule has 0 unspecified atom stereocenters. The lowest BCUT2D eigenvalue weighted by Gasteiger charge is -2.00. The molecule has 3 nitrogen and oxygen atoms in total. The number of nitriles is 1. The summed E-state index contributed by atoms with van der Waals surface area (Å²) in [5.74, 6) is -0.0652. The molecule has 0 saturated carbocycles. The van der Waals surface area contributed by atoms with Crippen LogP contribution in [-0.2, 0) is 4.79 Å². The highest BCUT2D eigenvalue weighted by molar-refractivity contribution is 9.09. The number of hydrogen-bond acceptors (Lipinski definition) is 3. The maximum atomic E-state index is 11.4. The van der Waals surface area contributed by atoms with Gasteiger partial charge in [0, 0.05) is 16.6 Å². The number of aryl methyl sites for hydroxylation is 1. The monoisotopic (exact) mass is 286 g/mol. The zero-order valence-corrected chi connectivity index (χ0v) is 11.0. The number of halogens is 1. The molecule has 1 aromatic heterocycles. The molecule has 1 heterocycles. The third kappa shape index (κ3) is 2.80. The van der Waals surface area contributed by atoms with Crippen molar-refractivity contribution in [3.8, 4) is 6.07 Å². The molecular weight excluding hydrogens is 276 g/mol. The van der Waals surface area contributed by atoms with Crippen LogP contribution in [0.25, 0.3) is 0 Å². The number of nitrogens with one attached hydrogen (secondary N) is 1. The highest BCUT2D eigenvalue weighted by Gasteiger charge is 2.13. The van der Waals surface area contributed by atoms with E-state index in [1.54, 1.807) is 0 Å². The normalized spacial score (nSPS) is 9.73. The maximum absolute atomic E-state index is 11.4. The third-order valence-electron chi connectivity index (χ3n) is 2.07. The number of hydrogen-bond donors (Lipinski definition) is 1. The Morgan fingerprint density at radius 2 is 2.27 bits per heavy atom. The Kier molecular flexibility index (Phi) is 4.30. The molecule has 15 heavy (non-hydrogen) atoms. The van der Waals surface area contributed by atoms with Gasteiger partial charge in [-0.3, -0.25) is 4.79 Å². The van der Waals surface area contributed by atoms with Crippen molar-refractivity contribution in [3.05, 3.63) is 16.0 Å². The lowest BCUT2D eigenvalue weighted by Crippen LogP contribution is -2.11. The molecule has 0 aromatic carbocycles. The molecule has 1 N–H and O–H groups in total. The molecule has 0 saturated heterocycles. The molecule has 0 aliphatic rings. The molecule has 1 amide bonds. The van der Waals surface area contributed by atoms with E-state index in [0.717, 1.165) is 10.4 Å². The van der Waals surface area contributed by atoms with Gasteiger partial charge in [-0.2, -0.15) is 5.26 Å². The van der Waals surface area contributed by atoms with Crippen molar-refractivity contribution < 1.29 is 4.79 Å². The number of carbonyl (C=O) groups is 1. The molecule has 1 aromatic rings. The second-order valence-corrected chi connectivity index (χ2v) is 5.10. The lowest BCUT2D eigenvalue weighted by molar-refractivity contribution is -0.115. The first-order valence-corrected chi connectivity index (χ1v) is 6.39. The second-order valence-electron chi connectivity index (χ2n) is 3.09. The zero-order valence-electron chi connectivity index (χ0n) is 8.56. The SMILES string of the molecule is Cc1sc(NC(=O)CCBr)c(C#N)c1C. The van der Waals surface area contributed by atoms with E-state index in [1.807, 2.05) is 13.8 Å². The first-order valence-electron chi connectivity index (χ1n) is 4.46. The van der Waals surface area contributed by atoms with Gasteiger partial charge in [0.15, 0.2) is 0 Å². The predicted molar refractivity (Wildman–Crippen MR) is 65.5 cm³/mol. The molecule has 0 spiro atoms. The number of carbonyl (C=O) groups excluding carboxylic acids is 1. The maximum Gasteiger partial charge on any atom is 0.225 e. The van der Waals surface area contributed by atoms with Gasteiger partial charge < -0.3 is 5.32 Å². The zero-order chi connectivity index (χ0) is 11.4. The third-order valence-corrected chi connectivity index (χ3v) is 3.59. The summed E-state index contributed by atoms with van der Waals surface area (Å²) in [4.78, 5) is 12.4. The van der Waals surface area contributed by atoms with Gasteiger partial charge in [0.1, 0.15) is 11.1 Å². The summed E-state index contributed by atoms with van der Waals surface area (Å²) in [6, 6.07) is 2.12. The van der Waals surface area contributed by atoms with E-state index in [0.29, 0.717) is 22.3 Å². The molecule has 0 bridgehead atoms. The highest BCUT2D eigenvalue weighted by atomic mass is 79.9. The van der Waals surface area contributed by atoms with Crippen LogP contribution in [0.4, 0.5) is 5.00 Å². The lowest BCUT2D eigenvalue weighted by atomic mass is 10.2. The van der Waals surface area contributed by atoms with Crippen LogP contribution in [0.2, 0.25) is 0 Å². The summed E-state index contributed by atoms with van der Waals surface area (Å²) in [5, 5.41) is 13.0. The van der Waals surface area contributed by atoms with Crippen LogP contribution < -0.4 is 5.32 Å². The van der Waals surface area contributed by atoms with Crippen molar-refractivity contribution in [2.75, 3.05) is 10.6 Å². The van der Waals surface area contributed by atoms with E-state index in [2.05, 4.69) is 27.3 Å². The predicted octanol–water partition coefficient (Wildman–Crippen LogP) is 2.96. The Hall–Kier alpha value is -0.860. The minimum atomic E-state index is -0.0652. The van der Waals surface area contributed by atoms with Crippen LogP contribution in [-0.4, -0.2) is 11.2 Å². The van der Waals surface area contributed by atoms with Crippen molar-refractivity contribution in [2.24, 2.45) is 0 Å². The van der Waals surface area contributed by atoms with Crippen molar-refractivity contribution >= 4 is 38.2 Å². The van der Waals surface area contributed by atoms with Crippen LogP contribution >= 0.6 is 27.3 Å². The van der Waals surface area contributed by atoms with Crippen LogP contribution in [0.1, 0.15) is 22.4 Å². The fraction of sp³-hybridized carbons (Fsp3) is 0.400. The molecule has 80 valence electrons. The number of thiophene rings is 1. The summed E-state index contributed by atoms with van der Waals surface area (Å²) >= 11 is 4.65. The summed E-state index contributed by atoms with van der Waals surface area (Å²) in [6.07, 6.45) is 0.418. The minimum absolute atomic E-state index is 0.0652. The molecule has 0 aliphatic heterocycles. The van der Waals surface area contributed by atoms with Gasteiger partial charge in [0.25, 0.3) is 0 Å². The molecule has 5 heteroatoms. The smallest absolute Gasteiger partial charge is 0.225 e. The quantitative estimate of drug-likeness (QED) is 0.869. The number of anilines is 1. The van der Waals surface area contributed by atoms with Gasteiger partial charge >= 0.3 is 0 Å². The fourth-order valence-electron chi connectivity index (χ4n) is 1.12. The van der Waals surface area contributed by atoms with Crippen molar-refractivity contribution in [1.82, 2.24) is 0 Å². The van der Waals surface area contributed by atoms with Gasteiger partial charge in [-0.25, -0.2) is 0 Å². The summed E-state index contributed by atoms with van der Waals surface area (Å²) in [6.45, 7) is 3.84. The van der Waals surface area contributed by atoms with Crippen molar-refractivity contribution in [3.63, 3.8) is 0 Å². The topological polar surface area (TPSA) is 52.9 Å². The van der Waals surface area contributed by atoms with Crippen LogP contribution in [0.5, 0.6) is 0 Å². The van der Waals surface area contributed by atoms with Crippen LogP contribution in [0.3, 0.4) is 0 Å². The first kappa shape index (κ1) is 12.2. The second kappa shape index (κ2) is 5.29. The van der Waals surface area contributed by atoms with E-state index in [1.165, 1.54) is 11.3 Å². The number of alkyl halides is 1. The van der Waals surface area contributed by atoms with Gasteiger partial charge in [0.2, 0.25) is 5.91 Å². The Bertz CT molecular complexity index is 420. The molecule has 0 radical (unpaired) electrons. The highest BCUT2D eigenvalue weighted by Crippen LogP contribution is 2.31. The minimum Gasteiger partial charge on any atom is -0.317 e. The van der Waals surface area contributed by atoms with E-state index >= 15 is 0 Å². The van der Waals surface area contributed by atoms with Crippen molar-refractivity contribution in [1.29, 1.82) is 5.26 Å². The number of amides is 1. The average Bonchev–Trinajstić information content (AvgIpc) is 2.42. The fourth-order valence-corrected chi connectivity index (χ4v) is 2.51. The largest absolute Gasteiger partial charge is 0.317 e. The Balaban J connectivity index is 2.91. The summed E-state index contributed by atoms with van der Waals surface area (Å²) < 4.78 is 0. The first-order chi connectivity index (χ1) is 7.10. The summed E-state index contributed by atoms with van der Waals surface area (Å²) in [5.41, 5.74) is 1.54. The average molecular weight is 287 g/mol. The van der Waals surface area contributed by atoms with Gasteiger partial charge in [-0.05, 0) is 19.4 Å². The number of nitrogens with zero attached hydrogens (tertiary/aromatic N) is 1. The van der Waals surface area contributed by atoms with E-state index in [-0.39, 0.29) is 5.91 Å². The molecule has 0 aliphatic carbocycles. The van der Waals surface area contributed by atoms with E-state index in [4.69, 9.17) is 5.26 Å². The summed E-state index contributed by atoms with van der Waals surface area (Å²) in [7, 11) is 0. The molecular formula is C10H11BrN2OS.